The smallest absolute Gasteiger partial charge is 0.372 e. The maximum atomic E-state index is 11.8. The van der Waals surface area contributed by atoms with Gasteiger partial charge in [-0.3, -0.25) is 4.79 Å². The summed E-state index contributed by atoms with van der Waals surface area (Å²) in [6, 6.07) is 0. The molecule has 0 heterocycles. The summed E-state index contributed by atoms with van der Waals surface area (Å²) in [5.41, 5.74) is -0.944. The molecular weight excluding hydrogens is 208 g/mol. The number of hydrogen-bond donors (Lipinski definition) is 2. The van der Waals surface area contributed by atoms with Crippen LogP contribution >= 0.6 is 0 Å². The summed E-state index contributed by atoms with van der Waals surface area (Å²) in [7, 11) is 0. The van der Waals surface area contributed by atoms with Crippen molar-refractivity contribution in [3.8, 4) is 0 Å². The second-order valence-electron chi connectivity index (χ2n) is 5.84. The fourth-order valence-electron chi connectivity index (χ4n) is 4.55. The molecule has 4 nitrogen and oxygen atoms in total. The first-order valence-corrected chi connectivity index (χ1v) is 5.99. The predicted molar refractivity (Wildman–Crippen MR) is 54.6 cm³/mol. The largest absolute Gasteiger partial charge is 0.475 e. The van der Waals surface area contributed by atoms with E-state index in [4.69, 9.17) is 5.11 Å². The Kier molecular flexibility index (Phi) is 1.97. The van der Waals surface area contributed by atoms with E-state index in [-0.39, 0.29) is 5.92 Å². The van der Waals surface area contributed by atoms with Crippen LogP contribution in [0.3, 0.4) is 0 Å². The van der Waals surface area contributed by atoms with Crippen molar-refractivity contribution in [1.29, 1.82) is 0 Å². The lowest BCUT2D eigenvalue weighted by Crippen LogP contribution is -2.60. The number of Topliss-reactive ketones (excluding diaryl/α,β-unsaturated/α-hetero) is 1. The summed E-state index contributed by atoms with van der Waals surface area (Å²) in [4.78, 5) is 22.7. The van der Waals surface area contributed by atoms with E-state index in [0.29, 0.717) is 24.7 Å². The van der Waals surface area contributed by atoms with Gasteiger partial charge < -0.3 is 10.2 Å². The standard InChI is InChI=1S/C12H16O4/c13-9-8-2-6-1-7(3-8)5-12(9,4-6)10(14)11(15)16/h6-9,13H,1-5H2,(H,15,16). The van der Waals surface area contributed by atoms with Crippen molar-refractivity contribution in [3.63, 3.8) is 0 Å². The molecule has 0 saturated heterocycles. The summed E-state index contributed by atoms with van der Waals surface area (Å²) in [6.45, 7) is 0. The summed E-state index contributed by atoms with van der Waals surface area (Å²) in [6.07, 6.45) is 3.54. The molecular formula is C12H16O4. The number of carbonyl (C=O) groups excluding carboxylic acids is 1. The monoisotopic (exact) mass is 224 g/mol. The maximum Gasteiger partial charge on any atom is 0.372 e. The van der Waals surface area contributed by atoms with Crippen LogP contribution in [0.2, 0.25) is 0 Å². The van der Waals surface area contributed by atoms with Crippen LogP contribution in [0.5, 0.6) is 0 Å². The van der Waals surface area contributed by atoms with Crippen molar-refractivity contribution >= 4 is 11.8 Å². The van der Waals surface area contributed by atoms with Crippen LogP contribution in [-0.4, -0.2) is 28.1 Å². The Morgan fingerprint density at radius 2 is 1.62 bits per heavy atom. The van der Waals surface area contributed by atoms with Crippen molar-refractivity contribution in [2.75, 3.05) is 0 Å². The third-order valence-electron chi connectivity index (χ3n) is 4.90. The second-order valence-corrected chi connectivity index (χ2v) is 5.84. The molecule has 16 heavy (non-hydrogen) atoms. The molecule has 4 heteroatoms. The Morgan fingerprint density at radius 1 is 1.06 bits per heavy atom. The molecule has 0 aromatic heterocycles. The molecule has 0 spiro atoms. The minimum absolute atomic E-state index is 0.162. The SMILES string of the molecule is O=C(O)C(=O)C12CC3CC(CC(C3)C1O)C2. The van der Waals surface area contributed by atoms with Gasteiger partial charge in [0.05, 0.1) is 11.5 Å². The molecule has 0 aromatic rings. The van der Waals surface area contributed by atoms with E-state index in [0.717, 1.165) is 19.3 Å². The molecule has 0 amide bonds. The van der Waals surface area contributed by atoms with Crippen LogP contribution in [-0.2, 0) is 9.59 Å². The molecule has 4 saturated carbocycles. The normalized spacial score (nSPS) is 49.3. The molecule has 4 aliphatic carbocycles. The number of carbonyl (C=O) groups is 2. The zero-order valence-corrected chi connectivity index (χ0v) is 9.06. The average Bonchev–Trinajstić information content (AvgIpc) is 2.23. The van der Waals surface area contributed by atoms with Crippen molar-refractivity contribution in [3.05, 3.63) is 0 Å². The lowest BCUT2D eigenvalue weighted by atomic mass is 9.47. The van der Waals surface area contributed by atoms with Gasteiger partial charge in [0.25, 0.3) is 0 Å². The molecule has 2 N–H and O–H groups in total. The Balaban J connectivity index is 1.99. The van der Waals surface area contributed by atoms with Gasteiger partial charge in [-0.05, 0) is 49.9 Å². The van der Waals surface area contributed by atoms with Crippen molar-refractivity contribution in [1.82, 2.24) is 0 Å². The number of ketones is 1. The fraction of sp³-hybridized carbons (Fsp3) is 0.833. The number of aliphatic hydroxyl groups is 1. The van der Waals surface area contributed by atoms with E-state index >= 15 is 0 Å². The molecule has 4 rings (SSSR count). The summed E-state index contributed by atoms with van der Waals surface area (Å²) in [5.74, 6) is -1.04. The van der Waals surface area contributed by atoms with Crippen LogP contribution < -0.4 is 0 Å². The van der Waals surface area contributed by atoms with Crippen LogP contribution in [0.15, 0.2) is 0 Å². The quantitative estimate of drug-likeness (QED) is 0.681. The first-order valence-electron chi connectivity index (χ1n) is 5.99. The molecule has 4 fully saturated rings. The third-order valence-corrected chi connectivity index (χ3v) is 4.90. The van der Waals surface area contributed by atoms with E-state index in [1.54, 1.807) is 0 Å². The molecule has 88 valence electrons. The first-order chi connectivity index (χ1) is 7.53. The molecule has 3 atom stereocenters. The first kappa shape index (κ1) is 10.3. The van der Waals surface area contributed by atoms with Crippen LogP contribution in [0.4, 0.5) is 0 Å². The molecule has 4 aliphatic rings. The Bertz CT molecular complexity index is 348. The van der Waals surface area contributed by atoms with Crippen molar-refractivity contribution < 1.29 is 19.8 Å². The number of rotatable bonds is 2. The van der Waals surface area contributed by atoms with E-state index in [1.165, 1.54) is 0 Å². The Morgan fingerprint density at radius 3 is 2.12 bits per heavy atom. The van der Waals surface area contributed by atoms with Crippen LogP contribution in [0.25, 0.3) is 0 Å². The highest BCUT2D eigenvalue weighted by atomic mass is 16.4. The number of carboxylic acid groups (broad SMARTS) is 1. The molecule has 3 unspecified atom stereocenters. The second kappa shape index (κ2) is 3.06. The topological polar surface area (TPSA) is 74.6 Å². The summed E-state index contributed by atoms with van der Waals surface area (Å²) < 4.78 is 0. The number of hydrogen-bond acceptors (Lipinski definition) is 3. The van der Waals surface area contributed by atoms with Gasteiger partial charge >= 0.3 is 5.97 Å². The van der Waals surface area contributed by atoms with Gasteiger partial charge in [0, 0.05) is 0 Å². The van der Waals surface area contributed by atoms with Crippen molar-refractivity contribution in [2.45, 2.75) is 38.2 Å². The van der Waals surface area contributed by atoms with Gasteiger partial charge in [0.15, 0.2) is 0 Å². The fourth-order valence-corrected chi connectivity index (χ4v) is 4.55. The average molecular weight is 224 g/mol. The van der Waals surface area contributed by atoms with Gasteiger partial charge in [-0.25, -0.2) is 4.79 Å². The van der Waals surface area contributed by atoms with E-state index in [1.807, 2.05) is 0 Å². The number of carboxylic acids is 1. The molecule has 0 aromatic carbocycles. The molecule has 4 bridgehead atoms. The minimum Gasteiger partial charge on any atom is -0.475 e. The van der Waals surface area contributed by atoms with Crippen molar-refractivity contribution in [2.24, 2.45) is 23.2 Å². The van der Waals surface area contributed by atoms with Gasteiger partial charge in [0.1, 0.15) is 0 Å². The van der Waals surface area contributed by atoms with Gasteiger partial charge in [-0.15, -0.1) is 0 Å². The highest BCUT2D eigenvalue weighted by molar-refractivity contribution is 6.35. The Hall–Kier alpha value is -0.900. The van der Waals surface area contributed by atoms with Gasteiger partial charge in [-0.1, -0.05) is 0 Å². The van der Waals surface area contributed by atoms with Gasteiger partial charge in [0.2, 0.25) is 5.78 Å². The highest BCUT2D eigenvalue weighted by Gasteiger charge is 2.61. The van der Waals surface area contributed by atoms with Crippen LogP contribution in [0.1, 0.15) is 32.1 Å². The number of aliphatic carboxylic acids is 1. The lowest BCUT2D eigenvalue weighted by molar-refractivity contribution is -0.182. The number of aliphatic hydroxyl groups excluding tert-OH is 1. The zero-order valence-electron chi connectivity index (χ0n) is 9.06. The lowest BCUT2D eigenvalue weighted by Gasteiger charge is -2.58. The van der Waals surface area contributed by atoms with E-state index in [9.17, 15) is 14.7 Å². The highest BCUT2D eigenvalue weighted by Crippen LogP contribution is 2.60. The molecule has 0 aliphatic heterocycles. The van der Waals surface area contributed by atoms with Gasteiger partial charge in [-0.2, -0.15) is 0 Å². The molecule has 0 radical (unpaired) electrons. The van der Waals surface area contributed by atoms with E-state index < -0.39 is 23.3 Å². The Labute approximate surface area is 93.6 Å². The predicted octanol–water partition coefficient (Wildman–Crippen LogP) is 0.827. The third kappa shape index (κ3) is 1.14. The van der Waals surface area contributed by atoms with Crippen LogP contribution in [0, 0.1) is 23.2 Å². The summed E-state index contributed by atoms with van der Waals surface area (Å²) >= 11 is 0. The minimum atomic E-state index is -1.37. The zero-order chi connectivity index (χ0) is 11.5. The summed E-state index contributed by atoms with van der Waals surface area (Å²) in [5, 5.41) is 19.1. The maximum absolute atomic E-state index is 11.8. The van der Waals surface area contributed by atoms with E-state index in [2.05, 4.69) is 0 Å².